The molecule has 1 atom stereocenters. The lowest BCUT2D eigenvalue weighted by Gasteiger charge is -2.24. The van der Waals surface area contributed by atoms with Gasteiger partial charge in [-0.15, -0.1) is 0 Å². The second-order valence-electron chi connectivity index (χ2n) is 7.52. The molecule has 0 spiro atoms. The van der Waals surface area contributed by atoms with Gasteiger partial charge in [-0.2, -0.15) is 0 Å². The number of hydrogen-bond donors (Lipinski definition) is 0. The summed E-state index contributed by atoms with van der Waals surface area (Å²) < 4.78 is 16.7. The van der Waals surface area contributed by atoms with Gasteiger partial charge in [0.2, 0.25) is 5.89 Å². The third-order valence-corrected chi connectivity index (χ3v) is 5.52. The number of aryl methyl sites for hydroxylation is 3. The molecule has 29 heavy (non-hydrogen) atoms. The molecule has 1 heterocycles. The maximum Gasteiger partial charge on any atom is 0.226 e. The smallest absolute Gasteiger partial charge is 0.226 e. The Kier molecular flexibility index (Phi) is 6.28. The molecule has 2 aromatic carbocycles. The summed E-state index contributed by atoms with van der Waals surface area (Å²) in [5.74, 6) is 3.25. The second-order valence-corrected chi connectivity index (χ2v) is 7.52. The molecular weight excluding hydrogens is 364 g/mol. The fraction of sp³-hybridized carbons (Fsp3) is 0.375. The first-order chi connectivity index (χ1) is 13.8. The molecule has 5 heteroatoms. The zero-order valence-corrected chi connectivity index (χ0v) is 18.4. The van der Waals surface area contributed by atoms with Gasteiger partial charge < -0.3 is 13.9 Å². The van der Waals surface area contributed by atoms with Gasteiger partial charge in [-0.05, 0) is 75.7 Å². The molecule has 0 saturated heterocycles. The Morgan fingerprint density at radius 2 is 1.69 bits per heavy atom. The Hall–Kier alpha value is -2.79. The molecule has 0 amide bonds. The van der Waals surface area contributed by atoms with E-state index in [-0.39, 0.29) is 6.04 Å². The van der Waals surface area contributed by atoms with Gasteiger partial charge in [-0.25, -0.2) is 4.98 Å². The van der Waals surface area contributed by atoms with E-state index in [9.17, 15) is 0 Å². The lowest BCUT2D eigenvalue weighted by Crippen LogP contribution is -2.22. The maximum atomic E-state index is 6.03. The predicted molar refractivity (Wildman–Crippen MR) is 116 cm³/mol. The molecular formula is C24H30N2O3. The highest BCUT2D eigenvalue weighted by atomic mass is 16.5. The van der Waals surface area contributed by atoms with Crippen molar-refractivity contribution in [3.63, 3.8) is 0 Å². The zero-order chi connectivity index (χ0) is 21.1. The number of rotatable bonds is 7. The molecule has 0 aliphatic heterocycles. The molecule has 154 valence electrons. The highest BCUT2D eigenvalue weighted by Crippen LogP contribution is 2.31. The predicted octanol–water partition coefficient (Wildman–Crippen LogP) is 5.48. The summed E-state index contributed by atoms with van der Waals surface area (Å²) >= 11 is 0. The van der Waals surface area contributed by atoms with Gasteiger partial charge in [-0.3, -0.25) is 4.90 Å². The Bertz CT molecular complexity index is 977. The van der Waals surface area contributed by atoms with Crippen LogP contribution in [0.4, 0.5) is 0 Å². The van der Waals surface area contributed by atoms with Gasteiger partial charge in [0.15, 0.2) is 0 Å². The van der Waals surface area contributed by atoms with Crippen LogP contribution in [0.2, 0.25) is 0 Å². The standard InChI is InChI=1S/C24H30N2O3/c1-15-13-23(28-7)16(2)12-21(15)24-25-22(18(4)29-24)14-26(5)17(3)19-8-10-20(27-6)11-9-19/h8-13,17H,14H2,1-7H3/t17-/m1/s1. The summed E-state index contributed by atoms with van der Waals surface area (Å²) in [6.45, 7) is 8.95. The lowest BCUT2D eigenvalue weighted by molar-refractivity contribution is 0.249. The SMILES string of the molecule is COc1ccc([C@@H](C)N(C)Cc2nc(-c3cc(C)c(OC)cc3C)oc2C)cc1. The van der Waals surface area contributed by atoms with Crippen molar-refractivity contribution in [3.8, 4) is 23.0 Å². The van der Waals surface area contributed by atoms with Crippen LogP contribution >= 0.6 is 0 Å². The molecule has 0 unspecified atom stereocenters. The third-order valence-electron chi connectivity index (χ3n) is 5.52. The molecule has 0 bridgehead atoms. The van der Waals surface area contributed by atoms with Gasteiger partial charge >= 0.3 is 0 Å². The Morgan fingerprint density at radius 1 is 1.00 bits per heavy atom. The van der Waals surface area contributed by atoms with Crippen LogP contribution in [0.15, 0.2) is 40.8 Å². The minimum atomic E-state index is 0.241. The molecule has 0 N–H and O–H groups in total. The largest absolute Gasteiger partial charge is 0.497 e. The highest BCUT2D eigenvalue weighted by molar-refractivity contribution is 5.62. The van der Waals surface area contributed by atoms with Crippen LogP contribution in [0, 0.1) is 20.8 Å². The Labute approximate surface area is 173 Å². The number of aromatic nitrogens is 1. The van der Waals surface area contributed by atoms with Crippen LogP contribution in [-0.2, 0) is 6.54 Å². The van der Waals surface area contributed by atoms with Crippen molar-refractivity contribution in [1.29, 1.82) is 0 Å². The van der Waals surface area contributed by atoms with Gasteiger partial charge in [-0.1, -0.05) is 12.1 Å². The molecule has 5 nitrogen and oxygen atoms in total. The Morgan fingerprint density at radius 3 is 2.31 bits per heavy atom. The van der Waals surface area contributed by atoms with Crippen molar-refractivity contribution < 1.29 is 13.9 Å². The zero-order valence-electron chi connectivity index (χ0n) is 18.4. The fourth-order valence-corrected chi connectivity index (χ4v) is 3.44. The summed E-state index contributed by atoms with van der Waals surface area (Å²) in [5, 5.41) is 0. The molecule has 0 saturated carbocycles. The van der Waals surface area contributed by atoms with Gasteiger partial charge in [0.25, 0.3) is 0 Å². The Balaban J connectivity index is 1.80. The summed E-state index contributed by atoms with van der Waals surface area (Å²) in [5.41, 5.74) is 5.34. The molecule has 0 aliphatic rings. The van der Waals surface area contributed by atoms with E-state index in [0.717, 1.165) is 39.6 Å². The number of hydrogen-bond acceptors (Lipinski definition) is 5. The quantitative estimate of drug-likeness (QED) is 0.531. The maximum absolute atomic E-state index is 6.03. The summed E-state index contributed by atoms with van der Waals surface area (Å²) in [4.78, 5) is 7.08. The number of ether oxygens (including phenoxy) is 2. The van der Waals surface area contributed by atoms with E-state index in [1.54, 1.807) is 14.2 Å². The van der Waals surface area contributed by atoms with Gasteiger partial charge in [0, 0.05) is 18.2 Å². The summed E-state index contributed by atoms with van der Waals surface area (Å²) in [6.07, 6.45) is 0. The van der Waals surface area contributed by atoms with E-state index in [0.29, 0.717) is 12.4 Å². The van der Waals surface area contributed by atoms with Crippen molar-refractivity contribution in [1.82, 2.24) is 9.88 Å². The molecule has 1 aromatic heterocycles. The first-order valence-corrected chi connectivity index (χ1v) is 9.80. The lowest BCUT2D eigenvalue weighted by atomic mass is 10.0. The van der Waals surface area contributed by atoms with E-state index < -0.39 is 0 Å². The van der Waals surface area contributed by atoms with Crippen LogP contribution in [0.3, 0.4) is 0 Å². The average Bonchev–Trinajstić information content (AvgIpc) is 3.08. The van der Waals surface area contributed by atoms with Crippen molar-refractivity contribution in [3.05, 3.63) is 64.5 Å². The van der Waals surface area contributed by atoms with E-state index in [1.165, 1.54) is 5.56 Å². The molecule has 0 radical (unpaired) electrons. The van der Waals surface area contributed by atoms with E-state index in [1.807, 2.05) is 39.0 Å². The first kappa shape index (κ1) is 20.9. The molecule has 0 fully saturated rings. The second kappa shape index (κ2) is 8.70. The summed E-state index contributed by atoms with van der Waals surface area (Å²) in [6, 6.07) is 12.5. The van der Waals surface area contributed by atoms with Crippen LogP contribution in [0.5, 0.6) is 11.5 Å². The van der Waals surface area contributed by atoms with Crippen molar-refractivity contribution in [2.24, 2.45) is 0 Å². The van der Waals surface area contributed by atoms with Gasteiger partial charge in [0.05, 0.1) is 19.9 Å². The van der Waals surface area contributed by atoms with E-state index in [2.05, 4.69) is 37.1 Å². The first-order valence-electron chi connectivity index (χ1n) is 9.80. The minimum Gasteiger partial charge on any atom is -0.497 e. The highest BCUT2D eigenvalue weighted by Gasteiger charge is 2.19. The molecule has 3 rings (SSSR count). The van der Waals surface area contributed by atoms with Crippen molar-refractivity contribution >= 4 is 0 Å². The van der Waals surface area contributed by atoms with E-state index >= 15 is 0 Å². The van der Waals surface area contributed by atoms with Gasteiger partial charge in [0.1, 0.15) is 17.3 Å². The monoisotopic (exact) mass is 394 g/mol. The van der Waals surface area contributed by atoms with Crippen LogP contribution in [-0.4, -0.2) is 31.2 Å². The number of methoxy groups -OCH3 is 2. The van der Waals surface area contributed by atoms with Crippen LogP contribution in [0.1, 0.15) is 41.1 Å². The average molecular weight is 395 g/mol. The molecule has 3 aromatic rings. The fourth-order valence-electron chi connectivity index (χ4n) is 3.44. The summed E-state index contributed by atoms with van der Waals surface area (Å²) in [7, 11) is 5.47. The van der Waals surface area contributed by atoms with Crippen LogP contribution < -0.4 is 9.47 Å². The third kappa shape index (κ3) is 4.46. The molecule has 0 aliphatic carbocycles. The van der Waals surface area contributed by atoms with Crippen molar-refractivity contribution in [2.45, 2.75) is 40.3 Å². The minimum absolute atomic E-state index is 0.241. The van der Waals surface area contributed by atoms with Crippen LogP contribution in [0.25, 0.3) is 11.5 Å². The van der Waals surface area contributed by atoms with E-state index in [4.69, 9.17) is 18.9 Å². The number of nitrogens with zero attached hydrogens (tertiary/aromatic N) is 2. The normalized spacial score (nSPS) is 12.3. The number of oxazole rings is 1. The number of benzene rings is 2. The topological polar surface area (TPSA) is 47.7 Å². The van der Waals surface area contributed by atoms with Crippen molar-refractivity contribution in [2.75, 3.05) is 21.3 Å².